The third-order valence-corrected chi connectivity index (χ3v) is 2.02. The summed E-state index contributed by atoms with van der Waals surface area (Å²) >= 11 is 0. The van der Waals surface area contributed by atoms with E-state index in [1.54, 1.807) is 24.3 Å². The van der Waals surface area contributed by atoms with Crippen LogP contribution in [0.25, 0.3) is 0 Å². The first-order valence-corrected chi connectivity index (χ1v) is 4.43. The Bertz CT molecular complexity index is 452. The second-order valence-corrected chi connectivity index (χ2v) is 3.22. The quantitative estimate of drug-likeness (QED) is 0.748. The van der Waals surface area contributed by atoms with Crippen LogP contribution >= 0.6 is 0 Å². The number of Topliss-reactive ketones (excluding diaryl/α,β-unsaturated/α-hetero) is 1. The van der Waals surface area contributed by atoms with Crippen LogP contribution in [-0.4, -0.2) is 18.3 Å². The number of carbonyl (C=O) groups is 1. The van der Waals surface area contributed by atoms with E-state index >= 15 is 0 Å². The van der Waals surface area contributed by atoms with Gasteiger partial charge >= 0.3 is 0 Å². The molecule has 1 unspecified atom stereocenters. The lowest BCUT2D eigenvalue weighted by atomic mass is 10.0. The molecule has 0 amide bonds. The Morgan fingerprint density at radius 1 is 1.57 bits per heavy atom. The zero-order valence-corrected chi connectivity index (χ0v) is 8.29. The summed E-state index contributed by atoms with van der Waals surface area (Å²) in [6.07, 6.45) is 0. The minimum absolute atomic E-state index is 0.340. The van der Waals surface area contributed by atoms with Crippen molar-refractivity contribution in [3.8, 4) is 0 Å². The first-order chi connectivity index (χ1) is 8.54. The molecule has 1 atom stereocenters. The van der Waals surface area contributed by atoms with Crippen LogP contribution in [0.15, 0.2) is 24.3 Å². The van der Waals surface area contributed by atoms with Crippen molar-refractivity contribution in [2.75, 3.05) is 6.50 Å². The van der Waals surface area contributed by atoms with Gasteiger partial charge in [-0.3, -0.25) is 4.79 Å². The fraction of sp³-hybridized carbons (Fsp3) is 0.417. The van der Waals surface area contributed by atoms with E-state index in [-0.39, 0.29) is 5.78 Å². The minimum atomic E-state index is -2.82. The van der Waals surface area contributed by atoms with Crippen LogP contribution in [0.2, 0.25) is 0 Å². The molecule has 0 aliphatic rings. The number of aryl methyl sites for hydroxylation is 1. The highest BCUT2D eigenvalue weighted by Crippen LogP contribution is 2.06. The molecule has 1 aromatic rings. The maximum Gasteiger partial charge on any atom is 0.179 e. The van der Waals surface area contributed by atoms with Gasteiger partial charge in [0.25, 0.3) is 0 Å². The molecule has 76 valence electrons. The number of benzene rings is 1. The Morgan fingerprint density at radius 2 is 2.21 bits per heavy atom. The average Bonchev–Trinajstić information content (AvgIpc) is 2.27. The van der Waals surface area contributed by atoms with Gasteiger partial charge in [0.05, 0.1) is 6.04 Å². The third-order valence-electron chi connectivity index (χ3n) is 2.02. The van der Waals surface area contributed by atoms with Crippen LogP contribution in [0, 0.1) is 6.92 Å². The summed E-state index contributed by atoms with van der Waals surface area (Å²) in [5, 5.41) is 2.23. The zero-order valence-electron chi connectivity index (χ0n) is 13.3. The van der Waals surface area contributed by atoms with Gasteiger partial charge in [-0.05, 0) is 20.3 Å². The van der Waals surface area contributed by atoms with E-state index in [0.29, 0.717) is 5.56 Å². The summed E-state index contributed by atoms with van der Waals surface area (Å²) in [5.41, 5.74) is 1.43. The van der Waals surface area contributed by atoms with Gasteiger partial charge in [-0.1, -0.05) is 36.7 Å². The van der Waals surface area contributed by atoms with Gasteiger partial charge in [-0.25, -0.2) is 0 Å². The molecule has 0 aliphatic carbocycles. The molecule has 1 rings (SSSR count). The summed E-state index contributed by atoms with van der Waals surface area (Å²) in [4.78, 5) is 12.0. The lowest BCUT2D eigenvalue weighted by Crippen LogP contribution is -2.33. The normalized spacial score (nSPS) is 19.7. The predicted molar refractivity (Wildman–Crippen MR) is 58.6 cm³/mol. The number of hydrogen-bond acceptors (Lipinski definition) is 2. The van der Waals surface area contributed by atoms with Crippen molar-refractivity contribution in [2.24, 2.45) is 0 Å². The molecule has 0 saturated carbocycles. The van der Waals surface area contributed by atoms with Gasteiger partial charge in [0.15, 0.2) is 5.78 Å². The van der Waals surface area contributed by atoms with E-state index in [2.05, 4.69) is 5.32 Å². The van der Waals surface area contributed by atoms with E-state index in [4.69, 9.17) is 6.85 Å². The number of hydrogen-bond donors (Lipinski definition) is 1. The van der Waals surface area contributed by atoms with Crippen LogP contribution in [0.3, 0.4) is 0 Å². The maximum atomic E-state index is 12.0. The Labute approximate surface area is 92.4 Å². The molecule has 0 radical (unpaired) electrons. The Balaban J connectivity index is 2.81. The zero-order chi connectivity index (χ0) is 14.8. The molecule has 2 nitrogen and oxygen atoms in total. The van der Waals surface area contributed by atoms with Crippen molar-refractivity contribution in [3.05, 3.63) is 35.4 Å². The van der Waals surface area contributed by atoms with E-state index in [9.17, 15) is 4.79 Å². The maximum absolute atomic E-state index is 12.0. The van der Waals surface area contributed by atoms with Gasteiger partial charge < -0.3 is 5.32 Å². The van der Waals surface area contributed by atoms with E-state index < -0.39 is 19.4 Å². The van der Waals surface area contributed by atoms with Crippen molar-refractivity contribution >= 4 is 5.78 Å². The molecule has 0 heterocycles. The molecule has 14 heavy (non-hydrogen) atoms. The number of rotatable bonds is 4. The van der Waals surface area contributed by atoms with Crippen LogP contribution in [0.1, 0.15) is 36.6 Å². The lowest BCUT2D eigenvalue weighted by molar-refractivity contribution is 0.0952. The predicted octanol–water partition coefficient (Wildman–Crippen LogP) is 2.18. The van der Waals surface area contributed by atoms with Crippen molar-refractivity contribution in [1.82, 2.24) is 5.32 Å². The molecule has 0 spiro atoms. The molecule has 0 fully saturated rings. The number of nitrogens with one attached hydrogen (secondary N) is 1. The number of carbonyl (C=O) groups excluding carboxylic acids is 1. The first kappa shape index (κ1) is 5.66. The van der Waals surface area contributed by atoms with Gasteiger partial charge in [-0.15, -0.1) is 0 Å². The Kier molecular flexibility index (Phi) is 1.99. The molecule has 0 saturated heterocycles. The summed E-state index contributed by atoms with van der Waals surface area (Å²) in [6.45, 7) is -2.09. The topological polar surface area (TPSA) is 29.1 Å². The second kappa shape index (κ2) is 4.91. The Morgan fingerprint density at radius 3 is 2.79 bits per heavy atom. The highest BCUT2D eigenvalue weighted by molar-refractivity contribution is 5.99. The third kappa shape index (κ3) is 2.67. The van der Waals surface area contributed by atoms with Gasteiger partial charge in [0.2, 0.25) is 0 Å². The number of ketones is 1. The summed E-state index contributed by atoms with van der Waals surface area (Å²) in [7, 11) is 0. The monoisotopic (exact) mass is 196 g/mol. The first-order valence-electron chi connectivity index (χ1n) is 6.93. The minimum Gasteiger partial charge on any atom is -0.308 e. The van der Waals surface area contributed by atoms with Crippen LogP contribution < -0.4 is 5.32 Å². The highest BCUT2D eigenvalue weighted by Gasteiger charge is 2.12. The van der Waals surface area contributed by atoms with Crippen LogP contribution in [0.5, 0.6) is 0 Å². The molecule has 1 aromatic carbocycles. The summed E-state index contributed by atoms with van der Waals surface area (Å²) in [5.74, 6) is -0.340. The summed E-state index contributed by atoms with van der Waals surface area (Å²) in [6, 6.07) is 5.91. The molecule has 0 bridgehead atoms. The highest BCUT2D eigenvalue weighted by atomic mass is 16.1. The standard InChI is InChI=1S/C12H17NO/c1-4-13-10(3)12(14)11-7-5-9(2)6-8-11/h5-8,10,13H,4H2,1-3H3/i1D3,4D2. The van der Waals surface area contributed by atoms with Crippen molar-refractivity contribution < 1.29 is 11.6 Å². The van der Waals surface area contributed by atoms with Crippen LogP contribution in [-0.2, 0) is 0 Å². The molecule has 0 aromatic heterocycles. The fourth-order valence-corrected chi connectivity index (χ4v) is 1.14. The molecule has 2 heteroatoms. The molecular formula is C12H17NO. The van der Waals surface area contributed by atoms with Crippen molar-refractivity contribution in [3.63, 3.8) is 0 Å². The largest absolute Gasteiger partial charge is 0.308 e. The fourth-order valence-electron chi connectivity index (χ4n) is 1.14. The average molecular weight is 196 g/mol. The van der Waals surface area contributed by atoms with Gasteiger partial charge in [0, 0.05) is 12.4 Å². The van der Waals surface area contributed by atoms with E-state index in [1.807, 2.05) is 6.92 Å². The van der Waals surface area contributed by atoms with Crippen molar-refractivity contribution in [1.29, 1.82) is 0 Å². The summed E-state index contributed by atoms with van der Waals surface area (Å²) < 4.78 is 36.1. The van der Waals surface area contributed by atoms with Gasteiger partial charge in [0.1, 0.15) is 0 Å². The van der Waals surface area contributed by atoms with E-state index in [1.165, 1.54) is 6.92 Å². The molecular weight excluding hydrogens is 174 g/mol. The SMILES string of the molecule is [2H]C([2H])([2H])C([2H])([2H])NC(C)C(=O)c1ccc(C)cc1. The second-order valence-electron chi connectivity index (χ2n) is 3.22. The van der Waals surface area contributed by atoms with Gasteiger partial charge in [-0.2, -0.15) is 0 Å². The lowest BCUT2D eigenvalue weighted by Gasteiger charge is -2.10. The van der Waals surface area contributed by atoms with Crippen LogP contribution in [0.4, 0.5) is 0 Å². The molecule has 0 aliphatic heterocycles. The van der Waals surface area contributed by atoms with Crippen molar-refractivity contribution in [2.45, 2.75) is 26.7 Å². The molecule has 1 N–H and O–H groups in total. The smallest absolute Gasteiger partial charge is 0.179 e. The number of likely N-dealkylation sites (N-methyl/N-ethyl adjacent to an activating group) is 1. The Hall–Kier alpha value is -1.15. The van der Waals surface area contributed by atoms with E-state index in [0.717, 1.165) is 5.56 Å².